The van der Waals surface area contributed by atoms with Crippen molar-refractivity contribution in [2.45, 2.75) is 120 Å². The molecule has 0 amide bonds. The smallest absolute Gasteiger partial charge is 0.133 e. The molecule has 0 spiro atoms. The van der Waals surface area contributed by atoms with Crippen molar-refractivity contribution < 1.29 is 4.79 Å². The lowest BCUT2D eigenvalue weighted by molar-refractivity contribution is -0.240. The molecule has 0 bridgehead atoms. The van der Waals surface area contributed by atoms with Crippen molar-refractivity contribution >= 4 is 5.78 Å². The van der Waals surface area contributed by atoms with Crippen molar-refractivity contribution in [2.75, 3.05) is 0 Å². The standard InChI is InChI=1S/C32H52O/c1-20(2)22-12-15-29(6)18-19-31(8)24(27(22)29)10-11-26-30(7)16-13-23(21(3)33)28(4,5)25(30)14-17-32(26,31)9/h22-27H,1,10-19H2,2-9H3/t22-,23+,24-,25-,26+,27-,29+,30-,31+,32+/m0/s1. The molecule has 5 saturated carbocycles. The molecule has 33 heavy (non-hydrogen) atoms. The van der Waals surface area contributed by atoms with E-state index in [1.807, 2.05) is 6.92 Å². The zero-order chi connectivity index (χ0) is 24.2. The van der Waals surface area contributed by atoms with Crippen LogP contribution in [-0.4, -0.2) is 5.78 Å². The van der Waals surface area contributed by atoms with Crippen molar-refractivity contribution in [3.05, 3.63) is 12.2 Å². The average Bonchev–Trinajstić information content (AvgIpc) is 3.05. The van der Waals surface area contributed by atoms with Crippen molar-refractivity contribution in [1.29, 1.82) is 0 Å². The van der Waals surface area contributed by atoms with Gasteiger partial charge in [0.15, 0.2) is 0 Å². The van der Waals surface area contributed by atoms with Crippen LogP contribution in [0.25, 0.3) is 0 Å². The Balaban J connectivity index is 1.53. The van der Waals surface area contributed by atoms with Crippen LogP contribution >= 0.6 is 0 Å². The molecule has 5 fully saturated rings. The Kier molecular flexibility index (Phi) is 5.28. The van der Waals surface area contributed by atoms with Gasteiger partial charge in [0, 0.05) is 5.92 Å². The summed E-state index contributed by atoms with van der Waals surface area (Å²) in [7, 11) is 0. The second-order valence-corrected chi connectivity index (χ2v) is 15.4. The second-order valence-electron chi connectivity index (χ2n) is 15.4. The van der Waals surface area contributed by atoms with Crippen LogP contribution in [0.5, 0.6) is 0 Å². The van der Waals surface area contributed by atoms with Gasteiger partial charge in [-0.1, -0.05) is 53.7 Å². The Hall–Kier alpha value is -0.590. The summed E-state index contributed by atoms with van der Waals surface area (Å²) in [5.74, 6) is 4.66. The van der Waals surface area contributed by atoms with Crippen molar-refractivity contribution in [3.63, 3.8) is 0 Å². The van der Waals surface area contributed by atoms with Crippen LogP contribution in [0, 0.1) is 62.6 Å². The Bertz CT molecular complexity index is 853. The molecule has 186 valence electrons. The summed E-state index contributed by atoms with van der Waals surface area (Å²) in [4.78, 5) is 12.6. The van der Waals surface area contributed by atoms with Gasteiger partial charge in [0.25, 0.3) is 0 Å². The number of carbonyl (C=O) groups excluding carboxylic acids is 1. The van der Waals surface area contributed by atoms with Gasteiger partial charge in [0.05, 0.1) is 0 Å². The van der Waals surface area contributed by atoms with Gasteiger partial charge in [0.1, 0.15) is 5.78 Å². The van der Waals surface area contributed by atoms with E-state index in [1.165, 1.54) is 63.4 Å². The van der Waals surface area contributed by atoms with Gasteiger partial charge in [-0.2, -0.15) is 0 Å². The van der Waals surface area contributed by atoms with Gasteiger partial charge in [-0.15, -0.1) is 0 Å². The molecule has 0 radical (unpaired) electrons. The summed E-state index contributed by atoms with van der Waals surface area (Å²) in [6.07, 6.45) is 13.6. The van der Waals surface area contributed by atoms with E-state index in [4.69, 9.17) is 0 Å². The van der Waals surface area contributed by atoms with E-state index in [0.29, 0.717) is 33.4 Å². The first-order valence-electron chi connectivity index (χ1n) is 14.4. The molecule has 0 aromatic heterocycles. The maximum atomic E-state index is 12.6. The zero-order valence-corrected chi connectivity index (χ0v) is 23.2. The lowest BCUT2D eigenvalue weighted by atomic mass is 9.32. The molecule has 0 N–H and O–H groups in total. The molecule has 0 aromatic rings. The van der Waals surface area contributed by atoms with Gasteiger partial charge in [-0.05, 0) is 135 Å². The fraction of sp³-hybridized carbons (Fsp3) is 0.906. The Labute approximate surface area is 204 Å². The molecular weight excluding hydrogens is 400 g/mol. The largest absolute Gasteiger partial charge is 0.300 e. The maximum Gasteiger partial charge on any atom is 0.133 e. The minimum Gasteiger partial charge on any atom is -0.300 e. The summed E-state index contributed by atoms with van der Waals surface area (Å²) >= 11 is 0. The number of hydrogen-bond acceptors (Lipinski definition) is 1. The quantitative estimate of drug-likeness (QED) is 0.382. The first-order chi connectivity index (χ1) is 15.2. The SMILES string of the molecule is C=C(C)[C@@H]1CC[C@]2(C)CC[C@]3(C)[C@@H](CC[C@@H]4[C@@]5(C)CC[C@H](C(C)=O)C(C)(C)[C@@H]5CC[C@]43C)[C@H]12. The van der Waals surface area contributed by atoms with Gasteiger partial charge in [-0.3, -0.25) is 4.79 Å². The highest BCUT2D eigenvalue weighted by Gasteiger charge is 2.70. The number of allylic oxidation sites excluding steroid dienone is 1. The normalized spacial score (nSPS) is 55.0. The monoisotopic (exact) mass is 452 g/mol. The maximum absolute atomic E-state index is 12.6. The van der Waals surface area contributed by atoms with E-state index < -0.39 is 0 Å². The summed E-state index contributed by atoms with van der Waals surface area (Å²) in [5, 5.41) is 0. The number of Topliss-reactive ketones (excluding diaryl/α,β-unsaturated/α-hetero) is 1. The predicted octanol–water partition coefficient (Wildman–Crippen LogP) is 8.87. The van der Waals surface area contributed by atoms with Crippen LogP contribution < -0.4 is 0 Å². The second kappa shape index (κ2) is 7.22. The first-order valence-corrected chi connectivity index (χ1v) is 14.4. The third kappa shape index (κ3) is 2.92. The van der Waals surface area contributed by atoms with Crippen LogP contribution in [0.15, 0.2) is 12.2 Å². The highest BCUT2D eigenvalue weighted by molar-refractivity contribution is 5.79. The fourth-order valence-corrected chi connectivity index (χ4v) is 12.2. The van der Waals surface area contributed by atoms with Crippen LogP contribution in [0.4, 0.5) is 0 Å². The average molecular weight is 453 g/mol. The summed E-state index contributed by atoms with van der Waals surface area (Å²) in [5.41, 5.74) is 3.41. The molecular formula is C32H52O. The van der Waals surface area contributed by atoms with Crippen LogP contribution in [-0.2, 0) is 4.79 Å². The minimum atomic E-state index is 0.138. The minimum absolute atomic E-state index is 0.138. The first kappa shape index (κ1) is 24.1. The third-order valence-corrected chi connectivity index (χ3v) is 14.0. The highest BCUT2D eigenvalue weighted by Crippen LogP contribution is 2.77. The van der Waals surface area contributed by atoms with E-state index >= 15 is 0 Å². The molecule has 5 aliphatic rings. The van der Waals surface area contributed by atoms with E-state index in [-0.39, 0.29) is 11.3 Å². The summed E-state index contributed by atoms with van der Waals surface area (Å²) in [6.45, 7) is 24.3. The molecule has 0 unspecified atom stereocenters. The van der Waals surface area contributed by atoms with Gasteiger partial charge < -0.3 is 0 Å². The molecule has 0 saturated heterocycles. The third-order valence-electron chi connectivity index (χ3n) is 14.0. The van der Waals surface area contributed by atoms with Gasteiger partial charge >= 0.3 is 0 Å². The number of fused-ring (bicyclic) bond motifs is 7. The summed E-state index contributed by atoms with van der Waals surface area (Å²) < 4.78 is 0. The molecule has 0 aliphatic heterocycles. The van der Waals surface area contributed by atoms with E-state index in [9.17, 15) is 4.79 Å². The Morgan fingerprint density at radius 3 is 2.06 bits per heavy atom. The van der Waals surface area contributed by atoms with Gasteiger partial charge in [0.2, 0.25) is 0 Å². The van der Waals surface area contributed by atoms with E-state index in [0.717, 1.165) is 30.1 Å². The Morgan fingerprint density at radius 2 is 1.42 bits per heavy atom. The number of ketones is 1. The number of hydrogen-bond donors (Lipinski definition) is 0. The number of carbonyl (C=O) groups is 1. The molecule has 0 heterocycles. The van der Waals surface area contributed by atoms with E-state index in [2.05, 4.69) is 55.0 Å². The van der Waals surface area contributed by atoms with Crippen molar-refractivity contribution in [3.8, 4) is 0 Å². The lowest BCUT2D eigenvalue weighted by Gasteiger charge is -2.73. The van der Waals surface area contributed by atoms with Crippen molar-refractivity contribution in [1.82, 2.24) is 0 Å². The summed E-state index contributed by atoms with van der Waals surface area (Å²) in [6, 6.07) is 0. The fourth-order valence-electron chi connectivity index (χ4n) is 12.2. The molecule has 1 heteroatoms. The number of rotatable bonds is 2. The molecule has 5 aliphatic carbocycles. The molecule has 10 atom stereocenters. The zero-order valence-electron chi connectivity index (χ0n) is 23.2. The molecule has 1 nitrogen and oxygen atoms in total. The van der Waals surface area contributed by atoms with Crippen molar-refractivity contribution in [2.24, 2.45) is 62.6 Å². The lowest BCUT2D eigenvalue weighted by Crippen LogP contribution is -2.66. The Morgan fingerprint density at radius 1 is 0.727 bits per heavy atom. The van der Waals surface area contributed by atoms with E-state index in [1.54, 1.807) is 0 Å². The van der Waals surface area contributed by atoms with Crippen LogP contribution in [0.3, 0.4) is 0 Å². The topological polar surface area (TPSA) is 17.1 Å². The molecule has 5 rings (SSSR count). The van der Waals surface area contributed by atoms with Crippen LogP contribution in [0.2, 0.25) is 0 Å². The van der Waals surface area contributed by atoms with Gasteiger partial charge in [-0.25, -0.2) is 0 Å². The highest BCUT2D eigenvalue weighted by atomic mass is 16.1. The molecule has 0 aromatic carbocycles. The van der Waals surface area contributed by atoms with Crippen LogP contribution in [0.1, 0.15) is 120 Å². The predicted molar refractivity (Wildman–Crippen MR) is 139 cm³/mol.